The van der Waals surface area contributed by atoms with E-state index in [4.69, 9.17) is 24.9 Å². The maximum absolute atomic E-state index is 12.4. The molecule has 0 spiro atoms. The Hall–Kier alpha value is -5.47. The molecule has 5 aromatic rings. The fraction of sp³-hybridized carbons (Fsp3) is 0.439. The number of carboxylic acids is 1. The molecule has 3 fully saturated rings. The van der Waals surface area contributed by atoms with Crippen LogP contribution in [0.15, 0.2) is 60.9 Å². The Labute approximate surface area is 319 Å². The molecule has 0 radical (unpaired) electrons. The lowest BCUT2D eigenvalue weighted by molar-refractivity contribution is -0.129. The number of hydrogen-bond donors (Lipinski definition) is 1. The molecular weight excluding hydrogens is 697 g/mol. The van der Waals surface area contributed by atoms with E-state index in [1.807, 2.05) is 17.3 Å². The first-order chi connectivity index (χ1) is 26.9. The number of aromatic nitrogens is 6. The van der Waals surface area contributed by atoms with Crippen molar-refractivity contribution in [2.24, 2.45) is 0 Å². The van der Waals surface area contributed by atoms with Crippen LogP contribution < -0.4 is 9.80 Å². The van der Waals surface area contributed by atoms with E-state index in [9.17, 15) is 9.59 Å². The van der Waals surface area contributed by atoms with Gasteiger partial charge in [0.25, 0.3) is 0 Å². The third-order valence-electron chi connectivity index (χ3n) is 11.9. The van der Waals surface area contributed by atoms with Crippen molar-refractivity contribution in [2.75, 3.05) is 68.8 Å². The van der Waals surface area contributed by atoms with Gasteiger partial charge in [0, 0.05) is 125 Å². The number of carboxylic acid groups (broad SMARTS) is 1. The number of amides is 1. The number of piperidine rings is 1. The first-order valence-corrected chi connectivity index (χ1v) is 19.5. The van der Waals surface area contributed by atoms with Crippen LogP contribution in [0.1, 0.15) is 60.4 Å². The van der Waals surface area contributed by atoms with Crippen molar-refractivity contribution >= 4 is 34.3 Å². The van der Waals surface area contributed by atoms with E-state index in [1.54, 1.807) is 13.0 Å². The number of fused-ring (bicyclic) bond motifs is 2. The highest BCUT2D eigenvalue weighted by Gasteiger charge is 2.31. The van der Waals surface area contributed by atoms with Crippen molar-refractivity contribution in [1.29, 1.82) is 0 Å². The first-order valence-electron chi connectivity index (χ1n) is 19.5. The monoisotopic (exact) mass is 742 g/mol. The second kappa shape index (κ2) is 15.0. The number of ether oxygens (including phenoxy) is 1. The largest absolute Gasteiger partial charge is 0.476 e. The highest BCUT2D eigenvalue weighted by molar-refractivity contribution is 5.97. The number of hydrogen-bond acceptors (Lipinski definition) is 11. The third-order valence-corrected chi connectivity index (χ3v) is 11.9. The highest BCUT2D eigenvalue weighted by atomic mass is 16.5. The van der Waals surface area contributed by atoms with Gasteiger partial charge in [-0.3, -0.25) is 19.4 Å². The summed E-state index contributed by atoms with van der Waals surface area (Å²) in [5, 5.41) is 24.5. The van der Waals surface area contributed by atoms with Crippen molar-refractivity contribution in [3.05, 3.63) is 77.9 Å². The number of carbonyl (C=O) groups excluding carboxylic acids is 1. The smallest absolute Gasteiger partial charge is 0.356 e. The fourth-order valence-electron chi connectivity index (χ4n) is 8.81. The van der Waals surface area contributed by atoms with Crippen LogP contribution in [0.25, 0.3) is 33.3 Å². The molecule has 4 aromatic heterocycles. The Morgan fingerprint density at radius 1 is 0.800 bits per heavy atom. The number of carbonyl (C=O) groups is 2. The molecule has 0 bridgehead atoms. The summed E-state index contributed by atoms with van der Waals surface area (Å²) in [6.07, 6.45) is 8.75. The Morgan fingerprint density at radius 3 is 2.29 bits per heavy atom. The molecule has 0 aliphatic carbocycles. The molecule has 1 N–H and O–H groups in total. The normalized spacial score (nSPS) is 18.8. The van der Waals surface area contributed by atoms with Gasteiger partial charge in [0.1, 0.15) is 5.82 Å². The second-order valence-corrected chi connectivity index (χ2v) is 15.1. The summed E-state index contributed by atoms with van der Waals surface area (Å²) < 4.78 is 7.91. The number of rotatable bonds is 7. The van der Waals surface area contributed by atoms with Crippen LogP contribution in [0, 0.1) is 0 Å². The maximum Gasteiger partial charge on any atom is 0.356 e. The Balaban J connectivity index is 0.867. The molecule has 3 saturated heterocycles. The molecule has 14 heteroatoms. The van der Waals surface area contributed by atoms with Crippen molar-refractivity contribution in [3.8, 4) is 22.5 Å². The van der Waals surface area contributed by atoms with Gasteiger partial charge in [-0.1, -0.05) is 18.2 Å². The van der Waals surface area contributed by atoms with Gasteiger partial charge < -0.3 is 24.5 Å². The lowest BCUT2D eigenvalue weighted by Gasteiger charge is -2.43. The minimum absolute atomic E-state index is 0.0351. The zero-order valence-corrected chi connectivity index (χ0v) is 31.2. The third kappa shape index (κ3) is 7.00. The van der Waals surface area contributed by atoms with Gasteiger partial charge in [-0.2, -0.15) is 5.10 Å². The average molecular weight is 743 g/mol. The van der Waals surface area contributed by atoms with Crippen LogP contribution >= 0.6 is 0 Å². The SMILES string of the molecule is CC(=O)N1CCc2c(c(-c3cccc4cc(-c5ccc(N6CCC(N7CCN(c8ccc(C(=O)O)nn8)CC7)CC6)nc5)ncc34)nn2C2CCOCC2)C1. The minimum atomic E-state index is -1.06. The van der Waals surface area contributed by atoms with Crippen LogP contribution in [0.4, 0.5) is 11.6 Å². The summed E-state index contributed by atoms with van der Waals surface area (Å²) in [6.45, 7) is 9.91. The summed E-state index contributed by atoms with van der Waals surface area (Å²) in [5.41, 5.74) is 6.20. The topological polar surface area (TPSA) is 146 Å². The summed E-state index contributed by atoms with van der Waals surface area (Å²) in [7, 11) is 0. The van der Waals surface area contributed by atoms with Gasteiger partial charge in [-0.05, 0) is 61.4 Å². The number of nitrogens with zero attached hydrogens (tertiary/aromatic N) is 10. The summed E-state index contributed by atoms with van der Waals surface area (Å²) in [4.78, 5) is 42.5. The molecule has 14 nitrogen and oxygen atoms in total. The zero-order chi connectivity index (χ0) is 37.5. The molecular formula is C41H46N10O4. The van der Waals surface area contributed by atoms with Gasteiger partial charge in [0.2, 0.25) is 5.91 Å². The van der Waals surface area contributed by atoms with Crippen molar-refractivity contribution < 1.29 is 19.4 Å². The number of pyridine rings is 2. The van der Waals surface area contributed by atoms with E-state index < -0.39 is 5.97 Å². The summed E-state index contributed by atoms with van der Waals surface area (Å²) in [6, 6.07) is 16.8. The fourth-order valence-corrected chi connectivity index (χ4v) is 8.81. The number of piperazine rings is 1. The van der Waals surface area contributed by atoms with E-state index >= 15 is 0 Å². The second-order valence-electron chi connectivity index (χ2n) is 15.1. The molecule has 1 aromatic carbocycles. The Bertz CT molecular complexity index is 2190. The van der Waals surface area contributed by atoms with Crippen LogP contribution in [0.3, 0.4) is 0 Å². The summed E-state index contributed by atoms with van der Waals surface area (Å²) in [5.74, 6) is 0.750. The van der Waals surface area contributed by atoms with Crippen LogP contribution in [0.5, 0.6) is 0 Å². The molecule has 4 aliphatic heterocycles. The van der Waals surface area contributed by atoms with Gasteiger partial charge in [0.05, 0.1) is 17.4 Å². The number of aromatic carboxylic acids is 1. The van der Waals surface area contributed by atoms with E-state index in [2.05, 4.69) is 66.0 Å². The maximum atomic E-state index is 12.4. The van der Waals surface area contributed by atoms with Crippen LogP contribution in [-0.2, 0) is 22.5 Å². The molecule has 0 unspecified atom stereocenters. The number of anilines is 2. The lowest BCUT2D eigenvalue weighted by Crippen LogP contribution is -2.53. The van der Waals surface area contributed by atoms with E-state index in [0.717, 1.165) is 135 Å². The van der Waals surface area contributed by atoms with Crippen molar-refractivity contribution in [3.63, 3.8) is 0 Å². The zero-order valence-electron chi connectivity index (χ0n) is 31.2. The molecule has 0 saturated carbocycles. The van der Waals surface area contributed by atoms with Gasteiger partial charge in [-0.25, -0.2) is 9.78 Å². The van der Waals surface area contributed by atoms with Gasteiger partial charge >= 0.3 is 5.97 Å². The quantitative estimate of drug-likeness (QED) is 0.247. The predicted octanol–water partition coefficient (Wildman–Crippen LogP) is 4.70. The molecule has 4 aliphatic rings. The first kappa shape index (κ1) is 35.2. The van der Waals surface area contributed by atoms with Gasteiger partial charge in [-0.15, -0.1) is 10.2 Å². The lowest BCUT2D eigenvalue weighted by atomic mass is 9.96. The van der Waals surface area contributed by atoms with E-state index in [1.165, 1.54) is 11.8 Å². The summed E-state index contributed by atoms with van der Waals surface area (Å²) >= 11 is 0. The van der Waals surface area contributed by atoms with E-state index in [0.29, 0.717) is 25.2 Å². The minimum Gasteiger partial charge on any atom is -0.476 e. The molecule has 9 rings (SSSR count). The Morgan fingerprint density at radius 2 is 1.58 bits per heavy atom. The van der Waals surface area contributed by atoms with Crippen LogP contribution in [0.2, 0.25) is 0 Å². The van der Waals surface area contributed by atoms with Crippen molar-refractivity contribution in [1.82, 2.24) is 39.7 Å². The Kier molecular flexibility index (Phi) is 9.60. The van der Waals surface area contributed by atoms with Crippen LogP contribution in [-0.4, -0.2) is 122 Å². The molecule has 8 heterocycles. The predicted molar refractivity (Wildman–Crippen MR) is 208 cm³/mol. The molecule has 0 atom stereocenters. The standard InChI is InChI=1S/C41H46N10O4/c1-27(52)50-16-11-37-34(26-50)40(46-51(37)31-12-21-55-22-13-31)32-4-2-3-28-23-36(42-25-33(28)32)29-5-7-38(43-24-29)48-14-9-30(10-15-48)47-17-19-49(20-18-47)39-8-6-35(41(53)54)44-45-39/h2-8,23-25,30-31H,9-22,26H2,1H3,(H,53,54). The van der Waals surface area contributed by atoms with Crippen molar-refractivity contribution in [2.45, 2.75) is 57.7 Å². The average Bonchev–Trinajstić information content (AvgIpc) is 3.62. The molecule has 55 heavy (non-hydrogen) atoms. The molecule has 284 valence electrons. The number of benzene rings is 1. The van der Waals surface area contributed by atoms with E-state index in [-0.39, 0.29) is 11.6 Å². The van der Waals surface area contributed by atoms with Gasteiger partial charge in [0.15, 0.2) is 11.5 Å². The highest BCUT2D eigenvalue weighted by Crippen LogP contribution is 2.38. The molecule has 1 amide bonds.